The summed E-state index contributed by atoms with van der Waals surface area (Å²) in [5, 5.41) is 3.15. The molecule has 0 atom stereocenters. The molecule has 0 fully saturated rings. The van der Waals surface area contributed by atoms with Gasteiger partial charge in [0.2, 0.25) is 0 Å². The van der Waals surface area contributed by atoms with Crippen LogP contribution in [0, 0.1) is 0 Å². The SMILES string of the molecule is O=C(COc1ccc(Cl)cc1C(=O)c1ccccc1)Nc1ccccc1. The van der Waals surface area contributed by atoms with Gasteiger partial charge in [-0.15, -0.1) is 0 Å². The first-order valence-electron chi connectivity index (χ1n) is 8.00. The van der Waals surface area contributed by atoms with Crippen molar-refractivity contribution in [2.45, 2.75) is 0 Å². The van der Waals surface area contributed by atoms with E-state index in [4.69, 9.17) is 16.3 Å². The van der Waals surface area contributed by atoms with Crippen LogP contribution in [0.25, 0.3) is 0 Å². The molecule has 0 saturated heterocycles. The van der Waals surface area contributed by atoms with Gasteiger partial charge in [0.05, 0.1) is 5.56 Å². The minimum absolute atomic E-state index is 0.216. The van der Waals surface area contributed by atoms with Crippen molar-refractivity contribution in [2.75, 3.05) is 11.9 Å². The summed E-state index contributed by atoms with van der Waals surface area (Å²) in [6.45, 7) is -0.217. The number of carbonyl (C=O) groups is 2. The average Bonchev–Trinajstić information content (AvgIpc) is 2.68. The lowest BCUT2D eigenvalue weighted by Gasteiger charge is -2.12. The Labute approximate surface area is 156 Å². The summed E-state index contributed by atoms with van der Waals surface area (Å²) < 4.78 is 5.58. The standard InChI is InChI=1S/C21H16ClNO3/c22-16-11-12-19(18(13-16)21(25)15-7-3-1-4-8-15)26-14-20(24)23-17-9-5-2-6-10-17/h1-13H,14H2,(H,23,24). The molecule has 0 radical (unpaired) electrons. The second-order valence-corrected chi connectivity index (χ2v) is 5.97. The Morgan fingerprint density at radius 3 is 2.23 bits per heavy atom. The van der Waals surface area contributed by atoms with Gasteiger partial charge in [0, 0.05) is 16.3 Å². The van der Waals surface area contributed by atoms with Gasteiger partial charge in [-0.05, 0) is 30.3 Å². The van der Waals surface area contributed by atoms with E-state index in [1.54, 1.807) is 54.6 Å². The van der Waals surface area contributed by atoms with E-state index in [0.717, 1.165) is 0 Å². The Morgan fingerprint density at radius 2 is 1.54 bits per heavy atom. The molecule has 1 N–H and O–H groups in total. The van der Waals surface area contributed by atoms with Gasteiger partial charge < -0.3 is 10.1 Å². The molecule has 0 aliphatic rings. The molecule has 0 aromatic heterocycles. The number of amides is 1. The maximum absolute atomic E-state index is 12.7. The zero-order valence-electron chi connectivity index (χ0n) is 13.8. The molecule has 0 bridgehead atoms. The van der Waals surface area contributed by atoms with Gasteiger partial charge in [0.1, 0.15) is 5.75 Å². The molecule has 0 spiro atoms. The van der Waals surface area contributed by atoms with Crippen molar-refractivity contribution in [1.29, 1.82) is 0 Å². The number of nitrogens with one attached hydrogen (secondary N) is 1. The number of carbonyl (C=O) groups excluding carboxylic acids is 2. The Balaban J connectivity index is 1.74. The van der Waals surface area contributed by atoms with Crippen molar-refractivity contribution in [3.05, 3.63) is 95.0 Å². The largest absolute Gasteiger partial charge is 0.483 e. The Hall–Kier alpha value is -3.11. The monoisotopic (exact) mass is 365 g/mol. The van der Waals surface area contributed by atoms with Crippen LogP contribution in [-0.4, -0.2) is 18.3 Å². The first-order chi connectivity index (χ1) is 12.6. The summed E-state index contributed by atoms with van der Waals surface area (Å²) in [6.07, 6.45) is 0. The van der Waals surface area contributed by atoms with Crippen LogP contribution in [0.15, 0.2) is 78.9 Å². The normalized spacial score (nSPS) is 10.2. The van der Waals surface area contributed by atoms with Crippen LogP contribution < -0.4 is 10.1 Å². The molecule has 0 aliphatic heterocycles. The third-order valence-corrected chi connectivity index (χ3v) is 3.87. The highest BCUT2D eigenvalue weighted by Crippen LogP contribution is 2.25. The Bertz CT molecular complexity index is 911. The predicted octanol–water partition coefficient (Wildman–Crippen LogP) is 4.59. The van der Waals surface area contributed by atoms with Gasteiger partial charge in [-0.3, -0.25) is 9.59 Å². The molecule has 0 heterocycles. The molecule has 1 amide bonds. The lowest BCUT2D eigenvalue weighted by Crippen LogP contribution is -2.20. The van der Waals surface area contributed by atoms with E-state index in [-0.39, 0.29) is 18.3 Å². The average molecular weight is 366 g/mol. The molecule has 3 aromatic carbocycles. The molecule has 130 valence electrons. The quantitative estimate of drug-likeness (QED) is 0.650. The summed E-state index contributed by atoms with van der Waals surface area (Å²) >= 11 is 6.03. The fourth-order valence-electron chi connectivity index (χ4n) is 2.41. The van der Waals surface area contributed by atoms with Crippen LogP contribution in [0.2, 0.25) is 5.02 Å². The summed E-state index contributed by atoms with van der Waals surface area (Å²) in [4.78, 5) is 24.8. The molecule has 4 nitrogen and oxygen atoms in total. The number of ketones is 1. The minimum Gasteiger partial charge on any atom is -0.483 e. The summed E-state index contributed by atoms with van der Waals surface area (Å²) in [7, 11) is 0. The first-order valence-corrected chi connectivity index (χ1v) is 8.38. The van der Waals surface area contributed by atoms with Crippen molar-refractivity contribution in [3.63, 3.8) is 0 Å². The lowest BCUT2D eigenvalue weighted by molar-refractivity contribution is -0.118. The number of halogens is 1. The fraction of sp³-hybridized carbons (Fsp3) is 0.0476. The zero-order valence-corrected chi connectivity index (χ0v) is 14.6. The Morgan fingerprint density at radius 1 is 0.885 bits per heavy atom. The van der Waals surface area contributed by atoms with Crippen LogP contribution in [0.5, 0.6) is 5.75 Å². The number of benzene rings is 3. The zero-order chi connectivity index (χ0) is 18.4. The van der Waals surface area contributed by atoms with E-state index < -0.39 is 0 Å². The smallest absolute Gasteiger partial charge is 0.262 e. The molecule has 5 heteroatoms. The number of anilines is 1. The van der Waals surface area contributed by atoms with Crippen LogP contribution >= 0.6 is 11.6 Å². The van der Waals surface area contributed by atoms with Gasteiger partial charge in [-0.1, -0.05) is 60.1 Å². The number of hydrogen-bond acceptors (Lipinski definition) is 3. The topological polar surface area (TPSA) is 55.4 Å². The molecule has 3 rings (SSSR count). The lowest BCUT2D eigenvalue weighted by atomic mass is 10.0. The molecule has 0 unspecified atom stereocenters. The minimum atomic E-state index is -0.315. The van der Waals surface area contributed by atoms with E-state index >= 15 is 0 Å². The van der Waals surface area contributed by atoms with Crippen LogP contribution in [0.4, 0.5) is 5.69 Å². The first kappa shape index (κ1) is 17.7. The van der Waals surface area contributed by atoms with Gasteiger partial charge in [0.15, 0.2) is 12.4 Å². The van der Waals surface area contributed by atoms with E-state index in [2.05, 4.69) is 5.32 Å². The van der Waals surface area contributed by atoms with Crippen molar-refractivity contribution < 1.29 is 14.3 Å². The molecular formula is C21H16ClNO3. The van der Waals surface area contributed by atoms with Crippen molar-refractivity contribution in [1.82, 2.24) is 0 Å². The number of hydrogen-bond donors (Lipinski definition) is 1. The van der Waals surface area contributed by atoms with Gasteiger partial charge >= 0.3 is 0 Å². The summed E-state index contributed by atoms with van der Waals surface area (Å²) in [5.41, 5.74) is 1.52. The predicted molar refractivity (Wildman–Crippen MR) is 102 cm³/mol. The number of rotatable bonds is 6. The van der Waals surface area contributed by atoms with Crippen LogP contribution in [-0.2, 0) is 4.79 Å². The van der Waals surface area contributed by atoms with Crippen LogP contribution in [0.1, 0.15) is 15.9 Å². The second-order valence-electron chi connectivity index (χ2n) is 5.54. The van der Waals surface area contributed by atoms with Gasteiger partial charge in [0.25, 0.3) is 5.91 Å². The third-order valence-electron chi connectivity index (χ3n) is 3.64. The second kappa shape index (κ2) is 8.32. The molecule has 26 heavy (non-hydrogen) atoms. The number of para-hydroxylation sites is 1. The molecular weight excluding hydrogens is 350 g/mol. The van der Waals surface area contributed by atoms with E-state index in [1.807, 2.05) is 24.3 Å². The Kier molecular flexibility index (Phi) is 5.66. The highest BCUT2D eigenvalue weighted by atomic mass is 35.5. The summed E-state index contributed by atoms with van der Waals surface area (Å²) in [6, 6.07) is 22.7. The fourth-order valence-corrected chi connectivity index (χ4v) is 2.58. The number of ether oxygens (including phenoxy) is 1. The highest BCUT2D eigenvalue weighted by Gasteiger charge is 2.16. The van der Waals surface area contributed by atoms with Crippen molar-refractivity contribution >= 4 is 29.0 Å². The van der Waals surface area contributed by atoms with E-state index in [1.165, 1.54) is 0 Å². The van der Waals surface area contributed by atoms with Crippen molar-refractivity contribution in [3.8, 4) is 5.75 Å². The third kappa shape index (κ3) is 4.49. The van der Waals surface area contributed by atoms with Gasteiger partial charge in [-0.2, -0.15) is 0 Å². The summed E-state index contributed by atoms with van der Waals surface area (Å²) in [5.74, 6) is -0.220. The van der Waals surface area contributed by atoms with E-state index in [0.29, 0.717) is 27.6 Å². The molecule has 3 aromatic rings. The van der Waals surface area contributed by atoms with Crippen LogP contribution in [0.3, 0.4) is 0 Å². The van der Waals surface area contributed by atoms with E-state index in [9.17, 15) is 9.59 Å². The maximum Gasteiger partial charge on any atom is 0.262 e. The van der Waals surface area contributed by atoms with Crippen molar-refractivity contribution in [2.24, 2.45) is 0 Å². The molecule has 0 aliphatic carbocycles. The maximum atomic E-state index is 12.7. The highest BCUT2D eigenvalue weighted by molar-refractivity contribution is 6.31. The molecule has 0 saturated carbocycles. The van der Waals surface area contributed by atoms with Gasteiger partial charge in [-0.25, -0.2) is 0 Å².